The van der Waals surface area contributed by atoms with Crippen LogP contribution in [0, 0.1) is 6.92 Å². The SMILES string of the molecule is CCCNC(=O)[C@H]1CN(C(=O)c2cccc(C)c2)c2ccccc2O1. The van der Waals surface area contributed by atoms with Gasteiger partial charge in [0.25, 0.3) is 11.8 Å². The van der Waals surface area contributed by atoms with E-state index in [1.807, 2.05) is 50.2 Å². The Labute approximate surface area is 147 Å². The lowest BCUT2D eigenvalue weighted by molar-refractivity contribution is -0.127. The molecule has 2 amide bonds. The Morgan fingerprint density at radius 1 is 1.20 bits per heavy atom. The highest BCUT2D eigenvalue weighted by atomic mass is 16.5. The van der Waals surface area contributed by atoms with Crippen LogP contribution in [-0.4, -0.2) is 31.0 Å². The lowest BCUT2D eigenvalue weighted by Gasteiger charge is -2.34. The maximum absolute atomic E-state index is 13.0. The van der Waals surface area contributed by atoms with E-state index in [-0.39, 0.29) is 18.4 Å². The number of aryl methyl sites for hydroxylation is 1. The van der Waals surface area contributed by atoms with Crippen LogP contribution in [0.4, 0.5) is 5.69 Å². The van der Waals surface area contributed by atoms with E-state index in [2.05, 4.69) is 5.32 Å². The zero-order chi connectivity index (χ0) is 17.8. The van der Waals surface area contributed by atoms with Crippen LogP contribution in [-0.2, 0) is 4.79 Å². The van der Waals surface area contributed by atoms with Gasteiger partial charge < -0.3 is 15.0 Å². The maximum atomic E-state index is 13.0. The summed E-state index contributed by atoms with van der Waals surface area (Å²) in [7, 11) is 0. The number of para-hydroxylation sites is 2. The van der Waals surface area contributed by atoms with Crippen molar-refractivity contribution in [3.8, 4) is 5.75 Å². The Morgan fingerprint density at radius 2 is 2.00 bits per heavy atom. The molecule has 5 heteroatoms. The summed E-state index contributed by atoms with van der Waals surface area (Å²) in [6, 6.07) is 14.8. The van der Waals surface area contributed by atoms with Gasteiger partial charge in [-0.05, 0) is 37.6 Å². The second kappa shape index (κ2) is 7.38. The highest BCUT2D eigenvalue weighted by Gasteiger charge is 2.33. The highest BCUT2D eigenvalue weighted by molar-refractivity contribution is 6.08. The molecule has 0 radical (unpaired) electrons. The van der Waals surface area contributed by atoms with Crippen molar-refractivity contribution >= 4 is 17.5 Å². The van der Waals surface area contributed by atoms with Gasteiger partial charge in [-0.3, -0.25) is 9.59 Å². The number of hydrogen-bond donors (Lipinski definition) is 1. The molecule has 25 heavy (non-hydrogen) atoms. The Kier molecular flexibility index (Phi) is 5.03. The van der Waals surface area contributed by atoms with E-state index in [1.165, 1.54) is 0 Å². The van der Waals surface area contributed by atoms with E-state index in [1.54, 1.807) is 17.0 Å². The molecule has 1 aliphatic rings. The fourth-order valence-corrected chi connectivity index (χ4v) is 2.86. The third-order valence-electron chi connectivity index (χ3n) is 4.13. The molecule has 0 spiro atoms. The molecule has 0 fully saturated rings. The van der Waals surface area contributed by atoms with Gasteiger partial charge in [0.05, 0.1) is 12.2 Å². The van der Waals surface area contributed by atoms with Gasteiger partial charge >= 0.3 is 0 Å². The Balaban J connectivity index is 1.91. The minimum absolute atomic E-state index is 0.132. The van der Waals surface area contributed by atoms with Gasteiger partial charge in [0.1, 0.15) is 5.75 Å². The van der Waals surface area contributed by atoms with Gasteiger partial charge in [0.2, 0.25) is 0 Å². The molecule has 3 rings (SSSR count). The van der Waals surface area contributed by atoms with Gasteiger partial charge in [-0.1, -0.05) is 36.8 Å². The number of anilines is 1. The van der Waals surface area contributed by atoms with Gasteiger partial charge in [-0.15, -0.1) is 0 Å². The number of fused-ring (bicyclic) bond motifs is 1. The van der Waals surface area contributed by atoms with Crippen LogP contribution < -0.4 is 15.0 Å². The second-order valence-corrected chi connectivity index (χ2v) is 6.15. The lowest BCUT2D eigenvalue weighted by atomic mass is 10.1. The van der Waals surface area contributed by atoms with E-state index in [0.717, 1.165) is 12.0 Å². The summed E-state index contributed by atoms with van der Waals surface area (Å²) >= 11 is 0. The summed E-state index contributed by atoms with van der Waals surface area (Å²) in [4.78, 5) is 27.0. The molecule has 0 bridgehead atoms. The smallest absolute Gasteiger partial charge is 0.262 e. The number of benzene rings is 2. The van der Waals surface area contributed by atoms with E-state index in [4.69, 9.17) is 4.74 Å². The first-order valence-electron chi connectivity index (χ1n) is 8.52. The molecule has 2 aromatic rings. The Hall–Kier alpha value is -2.82. The molecule has 5 nitrogen and oxygen atoms in total. The van der Waals surface area contributed by atoms with E-state index in [0.29, 0.717) is 23.5 Å². The van der Waals surface area contributed by atoms with Crippen molar-refractivity contribution in [2.75, 3.05) is 18.0 Å². The van der Waals surface area contributed by atoms with Crippen molar-refractivity contribution in [3.63, 3.8) is 0 Å². The molecule has 1 heterocycles. The Morgan fingerprint density at radius 3 is 2.76 bits per heavy atom. The van der Waals surface area contributed by atoms with Crippen molar-refractivity contribution in [1.82, 2.24) is 5.32 Å². The molecule has 0 saturated carbocycles. The van der Waals surface area contributed by atoms with Crippen molar-refractivity contribution in [3.05, 3.63) is 59.7 Å². The number of nitrogens with zero attached hydrogens (tertiary/aromatic N) is 1. The number of ether oxygens (including phenoxy) is 1. The van der Waals surface area contributed by atoms with Crippen molar-refractivity contribution in [2.24, 2.45) is 0 Å². The number of nitrogens with one attached hydrogen (secondary N) is 1. The first-order chi connectivity index (χ1) is 12.1. The van der Waals surface area contributed by atoms with E-state index >= 15 is 0 Å². The zero-order valence-electron chi connectivity index (χ0n) is 14.5. The molecule has 0 aliphatic carbocycles. The standard InChI is InChI=1S/C20H22N2O3/c1-3-11-21-19(23)18-13-22(16-9-4-5-10-17(16)25-18)20(24)15-8-6-7-14(2)12-15/h4-10,12,18H,3,11,13H2,1-2H3,(H,21,23)/t18-/m1/s1. The fourth-order valence-electron chi connectivity index (χ4n) is 2.86. The molecule has 1 atom stereocenters. The third kappa shape index (κ3) is 3.65. The topological polar surface area (TPSA) is 58.6 Å². The first kappa shape index (κ1) is 17.0. The van der Waals surface area contributed by atoms with E-state index < -0.39 is 6.10 Å². The summed E-state index contributed by atoms with van der Waals surface area (Å²) in [5, 5.41) is 2.84. The number of hydrogen-bond acceptors (Lipinski definition) is 3. The number of rotatable bonds is 4. The monoisotopic (exact) mass is 338 g/mol. The average Bonchev–Trinajstić information content (AvgIpc) is 2.64. The quantitative estimate of drug-likeness (QED) is 0.932. The van der Waals surface area contributed by atoms with Crippen molar-refractivity contribution in [2.45, 2.75) is 26.4 Å². The van der Waals surface area contributed by atoms with Crippen molar-refractivity contribution in [1.29, 1.82) is 0 Å². The molecular weight excluding hydrogens is 316 g/mol. The number of amides is 2. The minimum Gasteiger partial charge on any atom is -0.477 e. The third-order valence-corrected chi connectivity index (χ3v) is 4.13. The summed E-state index contributed by atoms with van der Waals surface area (Å²) in [5.74, 6) is 0.220. The van der Waals surface area contributed by atoms with Crippen LogP contribution >= 0.6 is 0 Å². The van der Waals surface area contributed by atoms with Crippen LogP contribution in [0.3, 0.4) is 0 Å². The summed E-state index contributed by atoms with van der Waals surface area (Å²) in [6.07, 6.45) is 0.135. The van der Waals surface area contributed by atoms with Crippen LogP contribution in [0.2, 0.25) is 0 Å². The number of carbonyl (C=O) groups excluding carboxylic acids is 2. The highest BCUT2D eigenvalue weighted by Crippen LogP contribution is 2.34. The van der Waals surface area contributed by atoms with Crippen molar-refractivity contribution < 1.29 is 14.3 Å². The van der Waals surface area contributed by atoms with Gasteiger partial charge in [0.15, 0.2) is 6.10 Å². The molecule has 1 aliphatic heterocycles. The van der Waals surface area contributed by atoms with Gasteiger partial charge in [-0.25, -0.2) is 0 Å². The van der Waals surface area contributed by atoms with Crippen LogP contribution in [0.15, 0.2) is 48.5 Å². The summed E-state index contributed by atoms with van der Waals surface area (Å²) in [5.41, 5.74) is 2.31. The van der Waals surface area contributed by atoms with Gasteiger partial charge in [-0.2, -0.15) is 0 Å². The predicted octanol–water partition coefficient (Wildman–Crippen LogP) is 2.93. The molecule has 2 aromatic carbocycles. The van der Waals surface area contributed by atoms with Crippen LogP contribution in [0.5, 0.6) is 5.75 Å². The number of carbonyl (C=O) groups is 2. The molecule has 0 unspecified atom stereocenters. The fraction of sp³-hybridized carbons (Fsp3) is 0.300. The summed E-state index contributed by atoms with van der Waals surface area (Å²) in [6.45, 7) is 4.72. The van der Waals surface area contributed by atoms with Gasteiger partial charge in [0, 0.05) is 12.1 Å². The minimum atomic E-state index is -0.713. The molecular formula is C20H22N2O3. The second-order valence-electron chi connectivity index (χ2n) is 6.15. The molecule has 0 aromatic heterocycles. The maximum Gasteiger partial charge on any atom is 0.262 e. The zero-order valence-corrected chi connectivity index (χ0v) is 14.5. The molecule has 0 saturated heterocycles. The average molecular weight is 338 g/mol. The molecule has 130 valence electrons. The summed E-state index contributed by atoms with van der Waals surface area (Å²) < 4.78 is 5.82. The lowest BCUT2D eigenvalue weighted by Crippen LogP contribution is -2.50. The Bertz CT molecular complexity index is 788. The molecule has 1 N–H and O–H groups in total. The van der Waals surface area contributed by atoms with Crippen LogP contribution in [0.25, 0.3) is 0 Å². The predicted molar refractivity (Wildman–Crippen MR) is 97.0 cm³/mol. The normalized spacial score (nSPS) is 15.9. The largest absolute Gasteiger partial charge is 0.477 e. The van der Waals surface area contributed by atoms with Crippen LogP contribution in [0.1, 0.15) is 29.3 Å². The van der Waals surface area contributed by atoms with E-state index in [9.17, 15) is 9.59 Å². The first-order valence-corrected chi connectivity index (χ1v) is 8.52.